The van der Waals surface area contributed by atoms with Gasteiger partial charge in [0.15, 0.2) is 11.3 Å². The van der Waals surface area contributed by atoms with E-state index in [0.29, 0.717) is 37.4 Å². The zero-order valence-corrected chi connectivity index (χ0v) is 14.1. The molecule has 0 aliphatic carbocycles. The third-order valence-corrected chi connectivity index (χ3v) is 4.18. The fourth-order valence-electron chi connectivity index (χ4n) is 3.30. The van der Waals surface area contributed by atoms with E-state index in [1.165, 1.54) is 0 Å². The molecule has 1 N–H and O–H groups in total. The lowest BCUT2D eigenvalue weighted by Crippen LogP contribution is -2.43. The van der Waals surface area contributed by atoms with E-state index in [-0.39, 0.29) is 5.91 Å². The number of rotatable bonds is 3. The summed E-state index contributed by atoms with van der Waals surface area (Å²) in [5.74, 6) is -0.151. The van der Waals surface area contributed by atoms with Crippen LogP contribution in [0.2, 0.25) is 0 Å². The highest BCUT2D eigenvalue weighted by molar-refractivity contribution is 5.93. The van der Waals surface area contributed by atoms with E-state index in [9.17, 15) is 9.90 Å². The maximum absolute atomic E-state index is 12.7. The molecule has 1 atom stereocenters. The van der Waals surface area contributed by atoms with Gasteiger partial charge in [-0.2, -0.15) is 5.10 Å². The summed E-state index contributed by atoms with van der Waals surface area (Å²) in [5.41, 5.74) is 2.05. The molecule has 0 unspecified atom stereocenters. The number of aryl methyl sites for hydroxylation is 2. The quantitative estimate of drug-likeness (QED) is 0.891. The van der Waals surface area contributed by atoms with Gasteiger partial charge >= 0.3 is 0 Å². The van der Waals surface area contributed by atoms with Crippen LogP contribution in [0.25, 0.3) is 5.65 Å². The molecule has 2 aromatic rings. The molecule has 3 rings (SSSR count). The van der Waals surface area contributed by atoms with Crippen LogP contribution in [0.5, 0.6) is 0 Å². The summed E-state index contributed by atoms with van der Waals surface area (Å²) < 4.78 is 1.68. The van der Waals surface area contributed by atoms with E-state index in [0.717, 1.165) is 11.4 Å². The van der Waals surface area contributed by atoms with Crippen LogP contribution in [0.1, 0.15) is 28.3 Å². The molecule has 1 fully saturated rings. The molecule has 124 valence electrons. The summed E-state index contributed by atoms with van der Waals surface area (Å²) in [6.45, 7) is 5.28. The van der Waals surface area contributed by atoms with Crippen LogP contribution in [0.3, 0.4) is 0 Å². The zero-order chi connectivity index (χ0) is 16.8. The lowest BCUT2D eigenvalue weighted by atomic mass is 10.0. The average Bonchev–Trinajstić information content (AvgIpc) is 3.01. The number of likely N-dealkylation sites (tertiary alicyclic amines) is 1. The van der Waals surface area contributed by atoms with Crippen LogP contribution in [0.4, 0.5) is 0 Å². The molecule has 0 saturated carbocycles. The van der Waals surface area contributed by atoms with Gasteiger partial charge in [-0.05, 0) is 40.4 Å². The van der Waals surface area contributed by atoms with E-state index >= 15 is 0 Å². The Bertz CT molecular complexity index is 754. The van der Waals surface area contributed by atoms with Gasteiger partial charge in [0.25, 0.3) is 5.91 Å². The Balaban J connectivity index is 1.83. The number of hydrogen-bond acceptors (Lipinski definition) is 5. The predicted octanol–water partition coefficient (Wildman–Crippen LogP) is 0.485. The fourth-order valence-corrected chi connectivity index (χ4v) is 3.30. The van der Waals surface area contributed by atoms with Crippen LogP contribution >= 0.6 is 0 Å². The first kappa shape index (κ1) is 15.9. The van der Waals surface area contributed by atoms with Gasteiger partial charge in [-0.25, -0.2) is 9.50 Å². The second-order valence-electron chi connectivity index (χ2n) is 6.78. The fraction of sp³-hybridized carbons (Fsp3) is 0.562. The first-order chi connectivity index (χ1) is 10.8. The predicted molar refractivity (Wildman–Crippen MR) is 86.5 cm³/mol. The smallest absolute Gasteiger partial charge is 0.274 e. The van der Waals surface area contributed by atoms with Crippen molar-refractivity contribution in [2.45, 2.75) is 25.9 Å². The zero-order valence-electron chi connectivity index (χ0n) is 14.1. The van der Waals surface area contributed by atoms with E-state index < -0.39 is 5.60 Å². The topological polar surface area (TPSA) is 74.0 Å². The van der Waals surface area contributed by atoms with Crippen LogP contribution in [-0.4, -0.2) is 74.7 Å². The van der Waals surface area contributed by atoms with Gasteiger partial charge in [0.05, 0.1) is 12.1 Å². The molecular formula is C16H23N5O2. The lowest BCUT2D eigenvalue weighted by molar-refractivity contribution is 0.0235. The molecule has 1 amide bonds. The number of aromatic nitrogens is 3. The highest BCUT2D eigenvalue weighted by Gasteiger charge is 2.39. The molecule has 7 heteroatoms. The summed E-state index contributed by atoms with van der Waals surface area (Å²) in [4.78, 5) is 20.7. The molecule has 3 heterocycles. The Morgan fingerprint density at radius 1 is 1.39 bits per heavy atom. The first-order valence-electron chi connectivity index (χ1n) is 7.78. The first-order valence-corrected chi connectivity index (χ1v) is 7.78. The minimum Gasteiger partial charge on any atom is -0.387 e. The molecule has 0 aromatic carbocycles. The number of aliphatic hydroxyl groups is 1. The van der Waals surface area contributed by atoms with Gasteiger partial charge < -0.3 is 14.9 Å². The molecule has 2 aromatic heterocycles. The highest BCUT2D eigenvalue weighted by Crippen LogP contribution is 2.23. The van der Waals surface area contributed by atoms with Crippen molar-refractivity contribution in [1.29, 1.82) is 0 Å². The van der Waals surface area contributed by atoms with E-state index in [2.05, 4.69) is 10.1 Å². The number of amides is 1. The Morgan fingerprint density at radius 3 is 2.83 bits per heavy atom. The van der Waals surface area contributed by atoms with Gasteiger partial charge in [-0.3, -0.25) is 4.79 Å². The molecule has 1 saturated heterocycles. The normalized spacial score (nSPS) is 21.6. The monoisotopic (exact) mass is 317 g/mol. The lowest BCUT2D eigenvalue weighted by Gasteiger charge is -2.26. The SMILES string of the molecule is Cc1cc(C)n2nc(C(=O)N3CC[C@@](O)(CN(C)C)C3)cc2n1. The highest BCUT2D eigenvalue weighted by atomic mass is 16.3. The molecule has 0 spiro atoms. The number of nitrogens with zero attached hydrogens (tertiary/aromatic N) is 5. The summed E-state index contributed by atoms with van der Waals surface area (Å²) in [7, 11) is 3.84. The van der Waals surface area contributed by atoms with Crippen molar-refractivity contribution in [3.05, 3.63) is 29.2 Å². The molecular weight excluding hydrogens is 294 g/mol. The van der Waals surface area contributed by atoms with E-state index in [1.807, 2.05) is 38.9 Å². The van der Waals surface area contributed by atoms with Gasteiger partial charge in [0.2, 0.25) is 0 Å². The number of hydrogen-bond donors (Lipinski definition) is 1. The molecule has 1 aliphatic heterocycles. The van der Waals surface area contributed by atoms with Crippen molar-refractivity contribution in [2.75, 3.05) is 33.7 Å². The van der Waals surface area contributed by atoms with Crippen molar-refractivity contribution in [3.63, 3.8) is 0 Å². The number of fused-ring (bicyclic) bond motifs is 1. The second kappa shape index (κ2) is 5.58. The summed E-state index contributed by atoms with van der Waals surface area (Å²) in [6, 6.07) is 3.64. The molecule has 7 nitrogen and oxygen atoms in total. The Labute approximate surface area is 135 Å². The number of carbonyl (C=O) groups excluding carboxylic acids is 1. The number of likely N-dealkylation sites (N-methyl/N-ethyl adjacent to an activating group) is 1. The molecule has 23 heavy (non-hydrogen) atoms. The van der Waals surface area contributed by atoms with Crippen LogP contribution in [0, 0.1) is 13.8 Å². The third-order valence-electron chi connectivity index (χ3n) is 4.18. The van der Waals surface area contributed by atoms with Gasteiger partial charge in [0, 0.05) is 30.5 Å². The Kier molecular flexibility index (Phi) is 3.85. The van der Waals surface area contributed by atoms with Crippen LogP contribution in [-0.2, 0) is 0 Å². The van der Waals surface area contributed by atoms with Crippen LogP contribution < -0.4 is 0 Å². The number of β-amino-alcohol motifs (C(OH)–C–C–N with tert-alkyl or cyclic N) is 1. The summed E-state index contributed by atoms with van der Waals surface area (Å²) in [5, 5.41) is 15.0. The van der Waals surface area contributed by atoms with Crippen molar-refractivity contribution in [2.24, 2.45) is 0 Å². The largest absolute Gasteiger partial charge is 0.387 e. The van der Waals surface area contributed by atoms with Crippen molar-refractivity contribution >= 4 is 11.6 Å². The van der Waals surface area contributed by atoms with E-state index in [1.54, 1.807) is 15.5 Å². The second-order valence-corrected chi connectivity index (χ2v) is 6.78. The van der Waals surface area contributed by atoms with E-state index in [4.69, 9.17) is 0 Å². The maximum atomic E-state index is 12.7. The van der Waals surface area contributed by atoms with Crippen molar-refractivity contribution < 1.29 is 9.90 Å². The Morgan fingerprint density at radius 2 is 2.13 bits per heavy atom. The maximum Gasteiger partial charge on any atom is 0.274 e. The van der Waals surface area contributed by atoms with Gasteiger partial charge in [-0.1, -0.05) is 0 Å². The van der Waals surface area contributed by atoms with Crippen molar-refractivity contribution in [1.82, 2.24) is 24.4 Å². The average molecular weight is 317 g/mol. The summed E-state index contributed by atoms with van der Waals surface area (Å²) >= 11 is 0. The minimum absolute atomic E-state index is 0.151. The molecule has 1 aliphatic rings. The number of carbonyl (C=O) groups is 1. The summed E-state index contributed by atoms with van der Waals surface area (Å²) in [6.07, 6.45) is 0.584. The standard InChI is InChI=1S/C16H23N5O2/c1-11-7-12(2)21-14(17-11)8-13(18-21)15(22)20-6-5-16(23,10-20)9-19(3)4/h7-8,23H,5-6,9-10H2,1-4H3/t16-/m1/s1. The van der Waals surface area contributed by atoms with Gasteiger partial charge in [-0.15, -0.1) is 0 Å². The van der Waals surface area contributed by atoms with Gasteiger partial charge in [0.1, 0.15) is 0 Å². The van der Waals surface area contributed by atoms with Crippen molar-refractivity contribution in [3.8, 4) is 0 Å². The third kappa shape index (κ3) is 3.07. The minimum atomic E-state index is -0.844. The van der Waals surface area contributed by atoms with Crippen LogP contribution in [0.15, 0.2) is 12.1 Å². The Hall–Kier alpha value is -1.99. The molecule has 0 bridgehead atoms. The molecule has 0 radical (unpaired) electrons.